The fraction of sp³-hybridized carbons (Fsp3) is 0.438. The molecule has 2 aromatic rings. The number of aryl methyl sites for hydroxylation is 3. The lowest BCUT2D eigenvalue weighted by Gasteiger charge is -2.07. The molecule has 0 saturated heterocycles. The van der Waals surface area contributed by atoms with Crippen molar-refractivity contribution in [1.29, 1.82) is 0 Å². The van der Waals surface area contributed by atoms with Crippen LogP contribution in [0.3, 0.4) is 0 Å². The predicted octanol–water partition coefficient (Wildman–Crippen LogP) is 4.45. The highest BCUT2D eigenvalue weighted by Gasteiger charge is 2.02. The molecule has 0 radical (unpaired) electrons. The van der Waals surface area contributed by atoms with Crippen molar-refractivity contribution in [1.82, 2.24) is 4.98 Å². The molecule has 0 aliphatic rings. The standard InChI is InChI=1S/C16H21N/c1-4-6-7-13-8-9-16-14(11-13)10-12(3)15(5-2)17-16/h8-11H,4-7H2,1-3H3. The van der Waals surface area contributed by atoms with Crippen LogP contribution in [0.25, 0.3) is 10.9 Å². The van der Waals surface area contributed by atoms with Crippen LogP contribution in [0.1, 0.15) is 43.5 Å². The number of hydrogen-bond donors (Lipinski definition) is 0. The zero-order chi connectivity index (χ0) is 12.3. The number of hydrogen-bond acceptors (Lipinski definition) is 1. The summed E-state index contributed by atoms with van der Waals surface area (Å²) in [5.41, 5.74) is 5.10. The van der Waals surface area contributed by atoms with Crippen molar-refractivity contribution in [3.8, 4) is 0 Å². The SMILES string of the molecule is CCCCc1ccc2nc(CC)c(C)cc2c1. The molecule has 1 heterocycles. The van der Waals surface area contributed by atoms with Crippen LogP contribution in [0.15, 0.2) is 24.3 Å². The van der Waals surface area contributed by atoms with Gasteiger partial charge in [0, 0.05) is 11.1 Å². The van der Waals surface area contributed by atoms with E-state index >= 15 is 0 Å². The van der Waals surface area contributed by atoms with Crippen LogP contribution in [0.5, 0.6) is 0 Å². The van der Waals surface area contributed by atoms with Crippen molar-refractivity contribution in [3.05, 3.63) is 41.1 Å². The topological polar surface area (TPSA) is 12.9 Å². The lowest BCUT2D eigenvalue weighted by atomic mass is 10.0. The Labute approximate surface area is 104 Å². The smallest absolute Gasteiger partial charge is 0.0705 e. The van der Waals surface area contributed by atoms with Crippen LogP contribution in [0.2, 0.25) is 0 Å². The summed E-state index contributed by atoms with van der Waals surface area (Å²) in [7, 11) is 0. The largest absolute Gasteiger partial charge is 0.253 e. The van der Waals surface area contributed by atoms with E-state index in [2.05, 4.69) is 45.0 Å². The highest BCUT2D eigenvalue weighted by Crippen LogP contribution is 2.19. The highest BCUT2D eigenvalue weighted by atomic mass is 14.7. The molecule has 0 spiro atoms. The molecule has 1 heteroatoms. The quantitative estimate of drug-likeness (QED) is 0.752. The van der Waals surface area contributed by atoms with E-state index in [1.807, 2.05) is 0 Å². The molecule has 0 amide bonds. The zero-order valence-electron chi connectivity index (χ0n) is 11.1. The Morgan fingerprint density at radius 1 is 1.12 bits per heavy atom. The summed E-state index contributed by atoms with van der Waals surface area (Å²) in [4.78, 5) is 4.71. The Morgan fingerprint density at radius 3 is 2.65 bits per heavy atom. The summed E-state index contributed by atoms with van der Waals surface area (Å²) in [6.07, 6.45) is 4.72. The van der Waals surface area contributed by atoms with Gasteiger partial charge in [0.2, 0.25) is 0 Å². The molecule has 2 rings (SSSR count). The molecule has 17 heavy (non-hydrogen) atoms. The van der Waals surface area contributed by atoms with E-state index in [4.69, 9.17) is 4.98 Å². The molecular formula is C16H21N. The summed E-state index contributed by atoms with van der Waals surface area (Å²) in [5.74, 6) is 0. The van der Waals surface area contributed by atoms with Gasteiger partial charge in [-0.1, -0.05) is 26.3 Å². The summed E-state index contributed by atoms with van der Waals surface area (Å²) in [6.45, 7) is 6.56. The third kappa shape index (κ3) is 2.66. The number of pyridine rings is 1. The zero-order valence-corrected chi connectivity index (χ0v) is 11.1. The molecule has 90 valence electrons. The maximum absolute atomic E-state index is 4.71. The second-order valence-electron chi connectivity index (χ2n) is 4.74. The molecule has 0 saturated carbocycles. The minimum atomic E-state index is 1.01. The van der Waals surface area contributed by atoms with Gasteiger partial charge in [0.1, 0.15) is 0 Å². The summed E-state index contributed by atoms with van der Waals surface area (Å²) in [5, 5.41) is 1.29. The van der Waals surface area contributed by atoms with Gasteiger partial charge in [-0.25, -0.2) is 0 Å². The Kier molecular flexibility index (Phi) is 3.78. The van der Waals surface area contributed by atoms with Crippen LogP contribution in [0, 0.1) is 6.92 Å². The van der Waals surface area contributed by atoms with E-state index in [-0.39, 0.29) is 0 Å². The Bertz CT molecular complexity index is 514. The first-order valence-corrected chi connectivity index (χ1v) is 6.63. The average Bonchev–Trinajstić information content (AvgIpc) is 2.35. The molecule has 0 N–H and O–H groups in total. The molecule has 0 aliphatic heterocycles. The van der Waals surface area contributed by atoms with E-state index in [9.17, 15) is 0 Å². The van der Waals surface area contributed by atoms with Gasteiger partial charge in [0.05, 0.1) is 5.52 Å². The summed E-state index contributed by atoms with van der Waals surface area (Å²) < 4.78 is 0. The second kappa shape index (κ2) is 5.31. The van der Waals surface area contributed by atoms with E-state index in [1.54, 1.807) is 0 Å². The minimum Gasteiger partial charge on any atom is -0.253 e. The average molecular weight is 227 g/mol. The van der Waals surface area contributed by atoms with Crippen LogP contribution >= 0.6 is 0 Å². The van der Waals surface area contributed by atoms with Gasteiger partial charge in [-0.3, -0.25) is 4.98 Å². The molecule has 1 nitrogen and oxygen atoms in total. The van der Waals surface area contributed by atoms with Gasteiger partial charge >= 0.3 is 0 Å². The molecule has 1 aromatic heterocycles. The van der Waals surface area contributed by atoms with Crippen molar-refractivity contribution in [3.63, 3.8) is 0 Å². The molecule has 0 atom stereocenters. The van der Waals surface area contributed by atoms with Crippen molar-refractivity contribution in [2.75, 3.05) is 0 Å². The lowest BCUT2D eigenvalue weighted by molar-refractivity contribution is 0.796. The number of rotatable bonds is 4. The van der Waals surface area contributed by atoms with Gasteiger partial charge in [-0.15, -0.1) is 0 Å². The van der Waals surface area contributed by atoms with Crippen molar-refractivity contribution < 1.29 is 0 Å². The number of fused-ring (bicyclic) bond motifs is 1. The summed E-state index contributed by atoms with van der Waals surface area (Å²) in [6, 6.07) is 8.96. The van der Waals surface area contributed by atoms with Gasteiger partial charge in [-0.05, 0) is 55.5 Å². The van der Waals surface area contributed by atoms with Gasteiger partial charge in [0.15, 0.2) is 0 Å². The third-order valence-corrected chi connectivity index (χ3v) is 3.33. The minimum absolute atomic E-state index is 1.01. The van der Waals surface area contributed by atoms with E-state index in [1.165, 1.54) is 41.5 Å². The van der Waals surface area contributed by atoms with E-state index < -0.39 is 0 Å². The molecule has 0 aliphatic carbocycles. The molecular weight excluding hydrogens is 206 g/mol. The van der Waals surface area contributed by atoms with Crippen LogP contribution < -0.4 is 0 Å². The predicted molar refractivity (Wildman–Crippen MR) is 74.5 cm³/mol. The van der Waals surface area contributed by atoms with Gasteiger partial charge in [0.25, 0.3) is 0 Å². The monoisotopic (exact) mass is 227 g/mol. The lowest BCUT2D eigenvalue weighted by Crippen LogP contribution is -1.94. The van der Waals surface area contributed by atoms with E-state index in [0.717, 1.165) is 11.9 Å². The highest BCUT2D eigenvalue weighted by molar-refractivity contribution is 5.80. The molecule has 1 aromatic carbocycles. The van der Waals surface area contributed by atoms with Crippen molar-refractivity contribution in [2.24, 2.45) is 0 Å². The third-order valence-electron chi connectivity index (χ3n) is 3.33. The van der Waals surface area contributed by atoms with Gasteiger partial charge in [-0.2, -0.15) is 0 Å². The second-order valence-corrected chi connectivity index (χ2v) is 4.74. The maximum Gasteiger partial charge on any atom is 0.0705 e. The Hall–Kier alpha value is -1.37. The molecule has 0 bridgehead atoms. The fourth-order valence-electron chi connectivity index (χ4n) is 2.27. The number of benzene rings is 1. The van der Waals surface area contributed by atoms with Crippen LogP contribution in [-0.2, 0) is 12.8 Å². The molecule has 0 unspecified atom stereocenters. The maximum atomic E-state index is 4.71. The first-order chi connectivity index (χ1) is 8.24. The number of nitrogens with zero attached hydrogens (tertiary/aromatic N) is 1. The first kappa shape index (κ1) is 12.1. The fourth-order valence-corrected chi connectivity index (χ4v) is 2.27. The Morgan fingerprint density at radius 2 is 1.94 bits per heavy atom. The van der Waals surface area contributed by atoms with Gasteiger partial charge < -0.3 is 0 Å². The summed E-state index contributed by atoms with van der Waals surface area (Å²) >= 11 is 0. The van der Waals surface area contributed by atoms with Crippen molar-refractivity contribution >= 4 is 10.9 Å². The van der Waals surface area contributed by atoms with E-state index in [0.29, 0.717) is 0 Å². The van der Waals surface area contributed by atoms with Crippen molar-refractivity contribution in [2.45, 2.75) is 46.5 Å². The molecule has 0 fully saturated rings. The van der Waals surface area contributed by atoms with Crippen LogP contribution in [-0.4, -0.2) is 4.98 Å². The Balaban J connectivity index is 2.40. The number of aromatic nitrogens is 1. The normalized spacial score (nSPS) is 11.0. The van der Waals surface area contributed by atoms with Crippen LogP contribution in [0.4, 0.5) is 0 Å². The first-order valence-electron chi connectivity index (χ1n) is 6.63. The number of unbranched alkanes of at least 4 members (excludes halogenated alkanes) is 1.